The van der Waals surface area contributed by atoms with E-state index in [0.29, 0.717) is 0 Å². The van der Waals surface area contributed by atoms with Crippen LogP contribution in [0.4, 0.5) is 0 Å². The molecule has 0 atom stereocenters. The molecule has 0 unspecified atom stereocenters. The smallest absolute Gasteiger partial charge is 0.120 e. The van der Waals surface area contributed by atoms with E-state index in [-0.39, 0.29) is 17.2 Å². The molecule has 0 saturated heterocycles. The second-order valence-electron chi connectivity index (χ2n) is 13.0. The number of aryl methyl sites for hydroxylation is 2. The van der Waals surface area contributed by atoms with Crippen molar-refractivity contribution < 1.29 is 4.74 Å². The summed E-state index contributed by atoms with van der Waals surface area (Å²) in [4.78, 5) is 4.80. The first-order valence-electron chi connectivity index (χ1n) is 13.9. The molecule has 0 aliphatic rings. The van der Waals surface area contributed by atoms with Gasteiger partial charge in [0.25, 0.3) is 0 Å². The monoisotopic (exact) mass is 516 g/mol. The van der Waals surface area contributed by atoms with Crippen molar-refractivity contribution in [3.8, 4) is 5.75 Å². The molecule has 0 fully saturated rings. The molecule has 5 nitrogen and oxygen atoms in total. The Morgan fingerprint density at radius 1 is 0.868 bits per heavy atom. The van der Waals surface area contributed by atoms with E-state index in [0.717, 1.165) is 25.4 Å². The van der Waals surface area contributed by atoms with Gasteiger partial charge < -0.3 is 18.8 Å². The third-order valence-corrected chi connectivity index (χ3v) is 8.27. The third kappa shape index (κ3) is 5.79. The van der Waals surface area contributed by atoms with Crippen LogP contribution in [0.2, 0.25) is 0 Å². The first kappa shape index (κ1) is 28.3. The molecule has 0 aliphatic heterocycles. The fourth-order valence-electron chi connectivity index (χ4n) is 5.41. The summed E-state index contributed by atoms with van der Waals surface area (Å²) < 4.78 is 10.9. The maximum Gasteiger partial charge on any atom is 0.120 e. The van der Waals surface area contributed by atoms with Crippen LogP contribution in [0.1, 0.15) is 58.2 Å². The Hall–Kier alpha value is -2.76. The van der Waals surface area contributed by atoms with Crippen molar-refractivity contribution in [3.63, 3.8) is 0 Å². The zero-order chi connectivity index (χ0) is 28.0. The van der Waals surface area contributed by atoms with Crippen LogP contribution in [0, 0.1) is 13.8 Å². The molecule has 4 rings (SSSR count). The van der Waals surface area contributed by atoms with Crippen LogP contribution in [0.3, 0.4) is 0 Å². The Morgan fingerprint density at radius 2 is 1.55 bits per heavy atom. The average Bonchev–Trinajstić information content (AvgIpc) is 3.33. The molecule has 0 radical (unpaired) electrons. The molecule has 2 heterocycles. The maximum atomic E-state index is 6.09. The number of hydrogen-bond donors (Lipinski definition) is 0. The number of nitrogens with zero attached hydrogens (tertiary/aromatic N) is 4. The second kappa shape index (κ2) is 10.4. The lowest BCUT2D eigenvalue weighted by Gasteiger charge is -2.36. The van der Waals surface area contributed by atoms with E-state index >= 15 is 0 Å². The highest BCUT2D eigenvalue weighted by Crippen LogP contribution is 2.31. The zero-order valence-electron chi connectivity index (χ0n) is 25.5. The standard InChI is InChI=1S/C33H48N4O/c1-23(2)38-28-12-13-30-29(18-28)27(20-37(30)21-32(5,6)34(9)10)19-35(11)33(7,8)22-36-15-14-26-17-24(3)16-25(4)31(26)36/h12-18,20,23H,19,21-22H2,1-11H3. The Morgan fingerprint density at radius 3 is 2.21 bits per heavy atom. The van der Waals surface area contributed by atoms with E-state index in [1.165, 1.54) is 38.5 Å². The van der Waals surface area contributed by atoms with Gasteiger partial charge >= 0.3 is 0 Å². The number of hydrogen-bond acceptors (Lipinski definition) is 3. The lowest BCUT2D eigenvalue weighted by atomic mass is 10.0. The fourth-order valence-corrected chi connectivity index (χ4v) is 5.41. The molecular weight excluding hydrogens is 468 g/mol. The Bertz CT molecular complexity index is 1420. The summed E-state index contributed by atoms with van der Waals surface area (Å²) in [5.41, 5.74) is 6.59. The molecule has 0 saturated carbocycles. The normalized spacial score (nSPS) is 13.1. The van der Waals surface area contributed by atoms with Crippen molar-refractivity contribution in [2.24, 2.45) is 0 Å². The molecule has 206 valence electrons. The van der Waals surface area contributed by atoms with Crippen molar-refractivity contribution in [3.05, 3.63) is 65.5 Å². The number of fused-ring (bicyclic) bond motifs is 2. The lowest BCUT2D eigenvalue weighted by Crippen LogP contribution is -2.44. The van der Waals surface area contributed by atoms with Gasteiger partial charge in [0.15, 0.2) is 0 Å². The van der Waals surface area contributed by atoms with Crippen molar-refractivity contribution in [2.45, 2.75) is 92.2 Å². The van der Waals surface area contributed by atoms with E-state index in [1.54, 1.807) is 0 Å². The summed E-state index contributed by atoms with van der Waals surface area (Å²) in [7, 11) is 6.57. The molecule has 0 bridgehead atoms. The highest BCUT2D eigenvalue weighted by Gasteiger charge is 2.27. The topological polar surface area (TPSA) is 25.6 Å². The quantitative estimate of drug-likeness (QED) is 0.222. The predicted octanol–water partition coefficient (Wildman–Crippen LogP) is 7.25. The van der Waals surface area contributed by atoms with Gasteiger partial charge in [-0.05, 0) is 118 Å². The molecule has 0 N–H and O–H groups in total. The van der Waals surface area contributed by atoms with E-state index in [9.17, 15) is 0 Å². The predicted molar refractivity (Wildman–Crippen MR) is 162 cm³/mol. The summed E-state index contributed by atoms with van der Waals surface area (Å²) in [6.07, 6.45) is 4.76. The Labute approximate surface area is 230 Å². The lowest BCUT2D eigenvalue weighted by molar-refractivity contribution is 0.129. The van der Waals surface area contributed by atoms with Crippen LogP contribution in [0.25, 0.3) is 21.8 Å². The molecule has 4 aromatic rings. The van der Waals surface area contributed by atoms with Crippen molar-refractivity contribution in [2.75, 3.05) is 21.1 Å². The fraction of sp³-hybridized carbons (Fsp3) is 0.515. The van der Waals surface area contributed by atoms with E-state index in [1.807, 2.05) is 0 Å². The summed E-state index contributed by atoms with van der Waals surface area (Å²) in [5.74, 6) is 0.935. The minimum Gasteiger partial charge on any atom is -0.491 e. The average molecular weight is 517 g/mol. The summed E-state index contributed by atoms with van der Waals surface area (Å²) in [6, 6.07) is 13.4. The second-order valence-corrected chi connectivity index (χ2v) is 13.0. The number of benzene rings is 2. The first-order valence-corrected chi connectivity index (χ1v) is 13.9. The van der Waals surface area contributed by atoms with Gasteiger partial charge in [-0.3, -0.25) is 4.90 Å². The van der Waals surface area contributed by atoms with Crippen LogP contribution < -0.4 is 4.74 Å². The first-order chi connectivity index (χ1) is 17.7. The minimum absolute atomic E-state index is 0.0349. The van der Waals surface area contributed by atoms with Crippen LogP contribution in [-0.4, -0.2) is 57.3 Å². The maximum absolute atomic E-state index is 6.09. The molecule has 2 aromatic carbocycles. The highest BCUT2D eigenvalue weighted by molar-refractivity contribution is 5.86. The number of rotatable bonds is 10. The van der Waals surface area contributed by atoms with E-state index in [4.69, 9.17) is 4.74 Å². The van der Waals surface area contributed by atoms with Gasteiger partial charge in [0.1, 0.15) is 5.75 Å². The van der Waals surface area contributed by atoms with Crippen molar-refractivity contribution in [1.29, 1.82) is 0 Å². The van der Waals surface area contributed by atoms with Crippen LogP contribution in [0.5, 0.6) is 5.75 Å². The Kier molecular flexibility index (Phi) is 7.75. The van der Waals surface area contributed by atoms with Crippen molar-refractivity contribution >= 4 is 21.8 Å². The van der Waals surface area contributed by atoms with Gasteiger partial charge in [0, 0.05) is 59.4 Å². The van der Waals surface area contributed by atoms with Crippen molar-refractivity contribution in [1.82, 2.24) is 18.9 Å². The number of likely N-dealkylation sites (N-methyl/N-ethyl adjacent to an activating group) is 2. The van der Waals surface area contributed by atoms with Gasteiger partial charge in [0.2, 0.25) is 0 Å². The van der Waals surface area contributed by atoms with Crippen LogP contribution >= 0.6 is 0 Å². The molecule has 38 heavy (non-hydrogen) atoms. The molecule has 0 spiro atoms. The highest BCUT2D eigenvalue weighted by atomic mass is 16.5. The van der Waals surface area contributed by atoms with Gasteiger partial charge in [0.05, 0.1) is 11.6 Å². The third-order valence-electron chi connectivity index (χ3n) is 8.27. The van der Waals surface area contributed by atoms with Gasteiger partial charge in [-0.25, -0.2) is 0 Å². The van der Waals surface area contributed by atoms with E-state index in [2.05, 4.69) is 144 Å². The Balaban J connectivity index is 1.67. The minimum atomic E-state index is -0.0490. The van der Waals surface area contributed by atoms with E-state index < -0.39 is 0 Å². The number of ether oxygens (including phenoxy) is 1. The molecule has 0 aliphatic carbocycles. The zero-order valence-corrected chi connectivity index (χ0v) is 25.5. The van der Waals surface area contributed by atoms with Gasteiger partial charge in [-0.1, -0.05) is 11.6 Å². The summed E-state index contributed by atoms with van der Waals surface area (Å²) >= 11 is 0. The molecule has 5 heteroatoms. The van der Waals surface area contributed by atoms with Gasteiger partial charge in [-0.2, -0.15) is 0 Å². The summed E-state index contributed by atoms with van der Waals surface area (Å²) in [5, 5.41) is 2.60. The van der Waals surface area contributed by atoms with Gasteiger partial charge in [-0.15, -0.1) is 0 Å². The van der Waals surface area contributed by atoms with Crippen LogP contribution in [0.15, 0.2) is 48.8 Å². The SMILES string of the molecule is Cc1cc(C)c2c(ccn2CC(C)(C)N(C)Cc2cn(CC(C)(C)N(C)C)c3ccc(OC(C)C)cc23)c1. The molecular formula is C33H48N4O. The van der Waals surface area contributed by atoms with Crippen LogP contribution in [-0.2, 0) is 19.6 Å². The summed E-state index contributed by atoms with van der Waals surface area (Å²) in [6.45, 7) is 20.6. The molecule has 2 aromatic heterocycles. The number of aromatic nitrogens is 2. The largest absolute Gasteiger partial charge is 0.491 e. The molecule has 0 amide bonds.